The average Bonchev–Trinajstić information content (AvgIpc) is 2.28. The minimum absolute atomic E-state index is 0.0349. The summed E-state index contributed by atoms with van der Waals surface area (Å²) in [5.74, 6) is -0.604. The second kappa shape index (κ2) is 5.69. The van der Waals surface area contributed by atoms with E-state index in [-0.39, 0.29) is 18.4 Å². The zero-order valence-electron chi connectivity index (χ0n) is 11.6. The summed E-state index contributed by atoms with van der Waals surface area (Å²) in [7, 11) is 1.65. The van der Waals surface area contributed by atoms with Gasteiger partial charge in [0.15, 0.2) is 0 Å². The second-order valence-corrected chi connectivity index (χ2v) is 5.75. The highest BCUT2D eigenvalue weighted by Crippen LogP contribution is 2.25. The number of rotatable bonds is 4. The fourth-order valence-corrected chi connectivity index (χ4v) is 2.13. The molecule has 18 heavy (non-hydrogen) atoms. The van der Waals surface area contributed by atoms with Crippen molar-refractivity contribution in [3.63, 3.8) is 0 Å². The van der Waals surface area contributed by atoms with Crippen molar-refractivity contribution in [2.75, 3.05) is 20.2 Å². The molecule has 1 saturated heterocycles. The van der Waals surface area contributed by atoms with E-state index < -0.39 is 11.4 Å². The van der Waals surface area contributed by atoms with Gasteiger partial charge in [-0.2, -0.15) is 0 Å². The number of hydrogen-bond donors (Lipinski definition) is 1. The lowest BCUT2D eigenvalue weighted by molar-refractivity contribution is -0.152. The third kappa shape index (κ3) is 3.45. The summed E-state index contributed by atoms with van der Waals surface area (Å²) < 4.78 is 5.35. The summed E-state index contributed by atoms with van der Waals surface area (Å²) in [4.78, 5) is 24.8. The van der Waals surface area contributed by atoms with E-state index in [1.807, 2.05) is 0 Å². The second-order valence-electron chi connectivity index (χ2n) is 5.75. The van der Waals surface area contributed by atoms with Crippen molar-refractivity contribution in [1.82, 2.24) is 4.90 Å². The van der Waals surface area contributed by atoms with Crippen LogP contribution in [-0.2, 0) is 14.3 Å². The van der Waals surface area contributed by atoms with Crippen LogP contribution in [0.4, 0.5) is 0 Å². The Morgan fingerprint density at radius 1 is 1.44 bits per heavy atom. The lowest BCUT2D eigenvalue weighted by Crippen LogP contribution is -2.48. The molecule has 1 N–H and O–H groups in total. The van der Waals surface area contributed by atoms with Crippen LogP contribution >= 0.6 is 0 Å². The monoisotopic (exact) mass is 257 g/mol. The van der Waals surface area contributed by atoms with Gasteiger partial charge in [-0.25, -0.2) is 0 Å². The lowest BCUT2D eigenvalue weighted by atomic mass is 9.88. The van der Waals surface area contributed by atoms with E-state index in [0.29, 0.717) is 19.0 Å². The first-order valence-electron chi connectivity index (χ1n) is 6.32. The number of ether oxygens (including phenoxy) is 1. The molecule has 1 aliphatic heterocycles. The minimum Gasteiger partial charge on any atom is -0.481 e. The van der Waals surface area contributed by atoms with Gasteiger partial charge in [-0.05, 0) is 26.2 Å². The fraction of sp³-hybridized carbons (Fsp3) is 0.846. The molecule has 5 nitrogen and oxygen atoms in total. The number of likely N-dealkylation sites (tertiary alicyclic amines) is 1. The summed E-state index contributed by atoms with van der Waals surface area (Å²) >= 11 is 0. The van der Waals surface area contributed by atoms with E-state index in [0.717, 1.165) is 6.42 Å². The highest BCUT2D eigenvalue weighted by atomic mass is 16.5. The first kappa shape index (κ1) is 15.0. The molecule has 2 unspecified atom stereocenters. The Hall–Kier alpha value is -1.10. The van der Waals surface area contributed by atoms with Gasteiger partial charge in [-0.1, -0.05) is 6.92 Å². The molecule has 0 saturated carbocycles. The van der Waals surface area contributed by atoms with Gasteiger partial charge in [-0.15, -0.1) is 0 Å². The maximum Gasteiger partial charge on any atom is 0.309 e. The summed E-state index contributed by atoms with van der Waals surface area (Å²) in [6, 6.07) is 0. The van der Waals surface area contributed by atoms with E-state index in [1.165, 1.54) is 0 Å². The van der Waals surface area contributed by atoms with Crippen LogP contribution in [0.15, 0.2) is 0 Å². The number of carboxylic acid groups (broad SMARTS) is 1. The van der Waals surface area contributed by atoms with Gasteiger partial charge in [0.2, 0.25) is 5.91 Å². The number of carbonyl (C=O) groups excluding carboxylic acids is 1. The summed E-state index contributed by atoms with van der Waals surface area (Å²) in [6.07, 6.45) is 0.987. The Kier molecular flexibility index (Phi) is 4.73. The maximum absolute atomic E-state index is 12.1. The number of carbonyl (C=O) groups is 2. The van der Waals surface area contributed by atoms with E-state index >= 15 is 0 Å². The standard InChI is InChI=1S/C13H23NO4/c1-9-5-6-14(8-10(9)18-4)11(15)7-13(2,3)12(16)17/h9-10H,5-8H2,1-4H3,(H,16,17). The zero-order chi connectivity index (χ0) is 13.9. The number of methoxy groups -OCH3 is 1. The van der Waals surface area contributed by atoms with E-state index in [1.54, 1.807) is 25.9 Å². The van der Waals surface area contributed by atoms with Crippen LogP contribution in [0.2, 0.25) is 0 Å². The number of aliphatic carboxylic acids is 1. The van der Waals surface area contributed by atoms with Gasteiger partial charge in [-0.3, -0.25) is 9.59 Å². The highest BCUT2D eigenvalue weighted by Gasteiger charge is 2.35. The summed E-state index contributed by atoms with van der Waals surface area (Å²) in [6.45, 7) is 6.51. The molecule has 1 fully saturated rings. The third-order valence-corrected chi connectivity index (χ3v) is 3.72. The van der Waals surface area contributed by atoms with Crippen LogP contribution in [0.1, 0.15) is 33.6 Å². The molecule has 0 aromatic heterocycles. The van der Waals surface area contributed by atoms with E-state index in [2.05, 4.69) is 6.92 Å². The first-order chi connectivity index (χ1) is 8.27. The Balaban J connectivity index is 2.60. The van der Waals surface area contributed by atoms with Crippen LogP contribution in [-0.4, -0.2) is 48.2 Å². The molecular weight excluding hydrogens is 234 g/mol. The quantitative estimate of drug-likeness (QED) is 0.826. The SMILES string of the molecule is COC1CN(C(=O)CC(C)(C)C(=O)O)CCC1C. The predicted octanol–water partition coefficient (Wildman–Crippen LogP) is 1.37. The molecule has 0 aromatic rings. The van der Waals surface area contributed by atoms with Gasteiger partial charge in [0.25, 0.3) is 0 Å². The molecule has 5 heteroatoms. The molecule has 1 heterocycles. The van der Waals surface area contributed by atoms with Crippen LogP contribution in [0.3, 0.4) is 0 Å². The Morgan fingerprint density at radius 2 is 2.06 bits per heavy atom. The molecule has 0 spiro atoms. The van der Waals surface area contributed by atoms with Crippen molar-refractivity contribution >= 4 is 11.9 Å². The minimum atomic E-state index is -1.01. The van der Waals surface area contributed by atoms with Crippen LogP contribution in [0.5, 0.6) is 0 Å². The number of hydrogen-bond acceptors (Lipinski definition) is 3. The highest BCUT2D eigenvalue weighted by molar-refractivity contribution is 5.84. The van der Waals surface area contributed by atoms with E-state index in [4.69, 9.17) is 9.84 Å². The number of amides is 1. The Labute approximate surface area is 108 Å². The molecule has 0 aliphatic carbocycles. The third-order valence-electron chi connectivity index (χ3n) is 3.72. The molecule has 1 rings (SSSR count). The van der Waals surface area contributed by atoms with Gasteiger partial charge in [0.1, 0.15) is 0 Å². The van der Waals surface area contributed by atoms with Gasteiger partial charge in [0, 0.05) is 26.6 Å². The van der Waals surface area contributed by atoms with Gasteiger partial charge in [0.05, 0.1) is 11.5 Å². The van der Waals surface area contributed by atoms with Crippen molar-refractivity contribution in [3.05, 3.63) is 0 Å². The molecule has 1 amide bonds. The van der Waals surface area contributed by atoms with Crippen molar-refractivity contribution in [2.45, 2.75) is 39.7 Å². The maximum atomic E-state index is 12.1. The Morgan fingerprint density at radius 3 is 2.56 bits per heavy atom. The van der Waals surface area contributed by atoms with Gasteiger partial charge >= 0.3 is 5.97 Å². The number of piperidine rings is 1. The normalized spacial score (nSPS) is 25.0. The van der Waals surface area contributed by atoms with Gasteiger partial charge < -0.3 is 14.7 Å². The van der Waals surface area contributed by atoms with Crippen molar-refractivity contribution in [2.24, 2.45) is 11.3 Å². The smallest absolute Gasteiger partial charge is 0.309 e. The summed E-state index contributed by atoms with van der Waals surface area (Å²) in [5.41, 5.74) is -1.01. The van der Waals surface area contributed by atoms with Crippen molar-refractivity contribution in [3.8, 4) is 0 Å². The van der Waals surface area contributed by atoms with Crippen LogP contribution in [0, 0.1) is 11.3 Å². The van der Waals surface area contributed by atoms with Crippen molar-refractivity contribution < 1.29 is 19.4 Å². The van der Waals surface area contributed by atoms with E-state index in [9.17, 15) is 9.59 Å². The largest absolute Gasteiger partial charge is 0.481 e. The molecule has 104 valence electrons. The van der Waals surface area contributed by atoms with Crippen LogP contribution in [0.25, 0.3) is 0 Å². The fourth-order valence-electron chi connectivity index (χ4n) is 2.13. The average molecular weight is 257 g/mol. The molecule has 0 radical (unpaired) electrons. The topological polar surface area (TPSA) is 66.8 Å². The molecule has 1 aliphatic rings. The predicted molar refractivity (Wildman–Crippen MR) is 67.2 cm³/mol. The molecular formula is C13H23NO4. The Bertz CT molecular complexity index is 327. The zero-order valence-corrected chi connectivity index (χ0v) is 11.6. The molecule has 0 bridgehead atoms. The first-order valence-corrected chi connectivity index (χ1v) is 6.32. The molecule has 0 aromatic carbocycles. The molecule has 2 atom stereocenters. The lowest BCUT2D eigenvalue weighted by Gasteiger charge is -2.37. The number of carboxylic acids is 1. The summed E-state index contributed by atoms with van der Waals surface area (Å²) in [5, 5.41) is 9.03. The number of nitrogens with zero attached hydrogens (tertiary/aromatic N) is 1. The van der Waals surface area contributed by atoms with Crippen LogP contribution < -0.4 is 0 Å². The van der Waals surface area contributed by atoms with Crippen molar-refractivity contribution in [1.29, 1.82) is 0 Å².